The van der Waals surface area contributed by atoms with Crippen molar-refractivity contribution in [1.82, 2.24) is 19.0 Å². The Kier molecular flexibility index (Phi) is 4.86. The Bertz CT molecular complexity index is 1480. The highest BCUT2D eigenvalue weighted by Crippen LogP contribution is 2.40. The number of nitrogens with zero attached hydrogens (tertiary/aromatic N) is 4. The summed E-state index contributed by atoms with van der Waals surface area (Å²) in [7, 11) is 0. The first-order valence-electron chi connectivity index (χ1n) is 12.6. The van der Waals surface area contributed by atoms with Crippen LogP contribution in [0.2, 0.25) is 5.02 Å². The molecule has 8 heteroatoms. The number of carbonyl (C=O) groups is 1. The van der Waals surface area contributed by atoms with Crippen LogP contribution in [-0.2, 0) is 13.1 Å². The van der Waals surface area contributed by atoms with Crippen LogP contribution < -0.4 is 10.5 Å². The molecule has 1 saturated carbocycles. The van der Waals surface area contributed by atoms with Gasteiger partial charge in [0, 0.05) is 36.6 Å². The Morgan fingerprint density at radius 2 is 2.03 bits per heavy atom. The van der Waals surface area contributed by atoms with Gasteiger partial charge in [-0.3, -0.25) is 4.79 Å². The lowest BCUT2D eigenvalue weighted by Gasteiger charge is -2.31. The first-order chi connectivity index (χ1) is 17.1. The summed E-state index contributed by atoms with van der Waals surface area (Å²) in [6, 6.07) is 12.1. The molecule has 7 rings (SSSR count). The Morgan fingerprint density at radius 3 is 2.86 bits per heavy atom. The molecule has 0 bridgehead atoms. The van der Waals surface area contributed by atoms with Crippen LogP contribution >= 0.6 is 11.6 Å². The first-order valence-corrected chi connectivity index (χ1v) is 12.9. The minimum atomic E-state index is -0.00166. The number of piperidine rings is 1. The summed E-state index contributed by atoms with van der Waals surface area (Å²) >= 11 is 6.68. The van der Waals surface area contributed by atoms with E-state index in [4.69, 9.17) is 27.1 Å². The average molecular weight is 490 g/mol. The number of benzene rings is 2. The van der Waals surface area contributed by atoms with Crippen molar-refractivity contribution in [2.75, 3.05) is 19.7 Å². The molecule has 180 valence electrons. The summed E-state index contributed by atoms with van der Waals surface area (Å²) in [6.45, 7) is 3.53. The molecule has 0 radical (unpaired) electrons. The third kappa shape index (κ3) is 3.52. The number of carbonyl (C=O) groups excluding carboxylic acids is 1. The fraction of sp³-hybridized carbons (Fsp3) is 0.407. The Hall–Kier alpha value is -3.03. The third-order valence-corrected chi connectivity index (χ3v) is 7.91. The fourth-order valence-electron chi connectivity index (χ4n) is 5.71. The van der Waals surface area contributed by atoms with Crippen molar-refractivity contribution in [3.63, 3.8) is 0 Å². The van der Waals surface area contributed by atoms with Crippen LogP contribution in [0.5, 0.6) is 5.75 Å². The van der Waals surface area contributed by atoms with Crippen LogP contribution in [0.4, 0.5) is 0 Å². The molecule has 2 N–H and O–H groups in total. The highest BCUT2D eigenvalue weighted by molar-refractivity contribution is 6.35. The Morgan fingerprint density at radius 1 is 1.14 bits per heavy atom. The van der Waals surface area contributed by atoms with Crippen LogP contribution in [-0.4, -0.2) is 50.7 Å². The van der Waals surface area contributed by atoms with E-state index in [1.807, 2.05) is 29.2 Å². The van der Waals surface area contributed by atoms with E-state index in [0.29, 0.717) is 31.2 Å². The molecule has 1 aliphatic carbocycles. The zero-order valence-corrected chi connectivity index (χ0v) is 20.3. The smallest absolute Gasteiger partial charge is 0.254 e. The second kappa shape index (κ2) is 8.00. The van der Waals surface area contributed by atoms with E-state index in [1.165, 1.54) is 12.8 Å². The maximum Gasteiger partial charge on any atom is 0.254 e. The number of halogens is 1. The minimum Gasteiger partial charge on any atom is -0.489 e. The third-order valence-electron chi connectivity index (χ3n) is 7.61. The number of likely N-dealkylation sites (tertiary alicyclic amines) is 1. The number of nitrogens with two attached hydrogens (primary N) is 1. The molecule has 2 aromatic carbocycles. The zero-order chi connectivity index (χ0) is 23.7. The molecule has 1 unspecified atom stereocenters. The molecule has 1 amide bonds. The SMILES string of the molecule is NC1CCCN(C(=O)c2cc3c4c(c2)nc(-c2cc5cccc(Cl)c5n2CC2CC2)n4CCO3)C1. The number of hydrogen-bond donors (Lipinski definition) is 1. The predicted molar refractivity (Wildman–Crippen MR) is 137 cm³/mol. The summed E-state index contributed by atoms with van der Waals surface area (Å²) < 4.78 is 10.6. The molecule has 4 aromatic rings. The van der Waals surface area contributed by atoms with Gasteiger partial charge in [-0.1, -0.05) is 23.7 Å². The van der Waals surface area contributed by atoms with Crippen LogP contribution in [0.15, 0.2) is 36.4 Å². The normalized spacial score (nSPS) is 19.9. The van der Waals surface area contributed by atoms with E-state index in [9.17, 15) is 4.79 Å². The number of rotatable bonds is 4. The maximum atomic E-state index is 13.3. The fourth-order valence-corrected chi connectivity index (χ4v) is 6.00. The van der Waals surface area contributed by atoms with Gasteiger partial charge in [0.25, 0.3) is 5.91 Å². The van der Waals surface area contributed by atoms with E-state index < -0.39 is 0 Å². The number of ether oxygens (including phenoxy) is 1. The molecule has 1 atom stereocenters. The summed E-state index contributed by atoms with van der Waals surface area (Å²) in [5, 5.41) is 1.89. The summed E-state index contributed by atoms with van der Waals surface area (Å²) in [4.78, 5) is 20.3. The summed E-state index contributed by atoms with van der Waals surface area (Å²) in [6.07, 6.45) is 4.41. The zero-order valence-electron chi connectivity index (χ0n) is 19.5. The molecular formula is C27H28ClN5O2. The van der Waals surface area contributed by atoms with Crippen LogP contribution in [0.1, 0.15) is 36.0 Å². The highest BCUT2D eigenvalue weighted by Gasteiger charge is 2.29. The maximum absolute atomic E-state index is 13.3. The van der Waals surface area contributed by atoms with Gasteiger partial charge in [0.15, 0.2) is 5.82 Å². The number of amides is 1. The lowest BCUT2D eigenvalue weighted by molar-refractivity contribution is 0.0708. The van der Waals surface area contributed by atoms with E-state index in [-0.39, 0.29) is 11.9 Å². The lowest BCUT2D eigenvalue weighted by Crippen LogP contribution is -2.45. The number of imidazole rings is 1. The molecule has 1 saturated heterocycles. The van der Waals surface area contributed by atoms with Gasteiger partial charge < -0.3 is 24.5 Å². The number of hydrogen-bond acceptors (Lipinski definition) is 4. The average Bonchev–Trinajstić information content (AvgIpc) is 3.50. The predicted octanol–water partition coefficient (Wildman–Crippen LogP) is 4.68. The summed E-state index contributed by atoms with van der Waals surface area (Å²) in [5.74, 6) is 2.31. The summed E-state index contributed by atoms with van der Waals surface area (Å²) in [5.41, 5.74) is 10.6. The number of para-hydroxylation sites is 1. The van der Waals surface area contributed by atoms with Gasteiger partial charge in [-0.05, 0) is 55.9 Å². The van der Waals surface area contributed by atoms with Crippen molar-refractivity contribution in [3.8, 4) is 17.3 Å². The van der Waals surface area contributed by atoms with Crippen molar-refractivity contribution in [2.45, 2.75) is 44.8 Å². The molecule has 2 aliphatic heterocycles. The Balaban J connectivity index is 1.38. The van der Waals surface area contributed by atoms with Gasteiger partial charge in [0.1, 0.15) is 17.9 Å². The van der Waals surface area contributed by atoms with Crippen LogP contribution in [0.25, 0.3) is 33.5 Å². The molecule has 4 heterocycles. The minimum absolute atomic E-state index is 0.00166. The topological polar surface area (TPSA) is 78.3 Å². The second-order valence-electron chi connectivity index (χ2n) is 10.2. The van der Waals surface area contributed by atoms with Crippen molar-refractivity contribution in [3.05, 3.63) is 47.0 Å². The molecule has 2 fully saturated rings. The van der Waals surface area contributed by atoms with Crippen molar-refractivity contribution in [2.24, 2.45) is 11.7 Å². The van der Waals surface area contributed by atoms with Gasteiger partial charge in [0.2, 0.25) is 0 Å². The molecule has 35 heavy (non-hydrogen) atoms. The Labute approximate surface area is 208 Å². The van der Waals surface area contributed by atoms with Crippen LogP contribution in [0, 0.1) is 5.92 Å². The van der Waals surface area contributed by atoms with Gasteiger partial charge in [-0.15, -0.1) is 0 Å². The van der Waals surface area contributed by atoms with E-state index in [0.717, 1.165) is 70.2 Å². The van der Waals surface area contributed by atoms with Crippen molar-refractivity contribution >= 4 is 39.4 Å². The largest absolute Gasteiger partial charge is 0.489 e. The van der Waals surface area contributed by atoms with Gasteiger partial charge in [0.05, 0.1) is 28.3 Å². The second-order valence-corrected chi connectivity index (χ2v) is 10.6. The number of aromatic nitrogens is 3. The van der Waals surface area contributed by atoms with E-state index in [2.05, 4.69) is 21.3 Å². The molecule has 2 aromatic heterocycles. The van der Waals surface area contributed by atoms with E-state index >= 15 is 0 Å². The standard InChI is InChI=1S/C27H28ClN5O2/c28-20-5-1-3-17-12-22(33(24(17)20)14-16-6-7-16)26-30-21-11-18(13-23-25(21)32(26)9-10-35-23)27(34)31-8-2-4-19(29)15-31/h1,3,5,11-13,16,19H,2,4,6-10,14-15,29H2. The van der Waals surface area contributed by atoms with Gasteiger partial charge >= 0.3 is 0 Å². The van der Waals surface area contributed by atoms with E-state index in [1.54, 1.807) is 0 Å². The molecule has 7 nitrogen and oxygen atoms in total. The van der Waals surface area contributed by atoms with Crippen molar-refractivity contribution < 1.29 is 9.53 Å². The van der Waals surface area contributed by atoms with Gasteiger partial charge in [-0.2, -0.15) is 0 Å². The lowest BCUT2D eigenvalue weighted by atomic mass is 10.0. The van der Waals surface area contributed by atoms with Gasteiger partial charge in [-0.25, -0.2) is 4.98 Å². The molecular weight excluding hydrogens is 462 g/mol. The van der Waals surface area contributed by atoms with Crippen LogP contribution in [0.3, 0.4) is 0 Å². The first kappa shape index (κ1) is 21.3. The number of fused-ring (bicyclic) bond motifs is 1. The monoisotopic (exact) mass is 489 g/mol. The quantitative estimate of drug-likeness (QED) is 0.451. The molecule has 0 spiro atoms. The van der Waals surface area contributed by atoms with Crippen molar-refractivity contribution in [1.29, 1.82) is 0 Å². The molecule has 3 aliphatic rings. The highest BCUT2D eigenvalue weighted by atomic mass is 35.5.